The molecule has 0 aliphatic rings. The second-order valence-electron chi connectivity index (χ2n) is 3.05. The van der Waals surface area contributed by atoms with Crippen LogP contribution in [0.15, 0.2) is 5.51 Å². The minimum atomic E-state index is -1.48. The highest BCUT2D eigenvalue weighted by molar-refractivity contribution is 7.10. The number of nitrogens with zero attached hydrogens (tertiary/aromatic N) is 1. The largest absolute Gasteiger partial charge is 0.476 e. The molecule has 1 amide bonds. The van der Waals surface area contributed by atoms with E-state index in [1.165, 1.54) is 5.51 Å². The summed E-state index contributed by atoms with van der Waals surface area (Å²) in [5.41, 5.74) is 5.75. The van der Waals surface area contributed by atoms with Crippen molar-refractivity contribution in [3.63, 3.8) is 0 Å². The number of aromatic nitrogens is 1. The molecule has 2 atom stereocenters. The highest BCUT2D eigenvalue weighted by Crippen LogP contribution is 2.26. The van der Waals surface area contributed by atoms with E-state index in [9.17, 15) is 19.8 Å². The lowest BCUT2D eigenvalue weighted by atomic mass is 10.1. The van der Waals surface area contributed by atoms with Crippen LogP contribution in [0.25, 0.3) is 0 Å². The lowest BCUT2D eigenvalue weighted by molar-refractivity contribution is -0.121. The maximum atomic E-state index is 10.7. The van der Waals surface area contributed by atoms with Crippen LogP contribution in [-0.2, 0) is 4.79 Å². The number of aliphatic hydroxyl groups is 2. The van der Waals surface area contributed by atoms with Crippen LogP contribution in [0.5, 0.6) is 0 Å². The van der Waals surface area contributed by atoms with Crippen LogP contribution in [0, 0.1) is 0 Å². The van der Waals surface area contributed by atoms with E-state index >= 15 is 0 Å². The van der Waals surface area contributed by atoms with Gasteiger partial charge < -0.3 is 21.1 Å². The molecule has 1 aromatic heterocycles. The maximum absolute atomic E-state index is 10.7. The predicted octanol–water partition coefficient (Wildman–Crippen LogP) is -0.889. The first-order valence-electron chi connectivity index (χ1n) is 4.24. The zero-order chi connectivity index (χ0) is 12.3. The Labute approximate surface area is 94.2 Å². The Morgan fingerprint density at radius 1 is 1.50 bits per heavy atom. The fraction of sp³-hybridized carbons (Fsp3) is 0.375. The number of hydrogen-bond acceptors (Lipinski definition) is 6. The quantitative estimate of drug-likeness (QED) is 0.532. The number of aliphatic hydroxyl groups excluding tert-OH is 2. The number of thiazole rings is 1. The number of rotatable bonds is 5. The summed E-state index contributed by atoms with van der Waals surface area (Å²) in [6.07, 6.45) is -3.36. The molecule has 0 saturated heterocycles. The fourth-order valence-corrected chi connectivity index (χ4v) is 1.94. The lowest BCUT2D eigenvalue weighted by Gasteiger charge is -2.15. The van der Waals surface area contributed by atoms with E-state index in [1.54, 1.807) is 0 Å². The molecule has 0 aromatic carbocycles. The first-order chi connectivity index (χ1) is 7.43. The Morgan fingerprint density at radius 2 is 2.12 bits per heavy atom. The lowest BCUT2D eigenvalue weighted by Crippen LogP contribution is -2.26. The number of primary amides is 1. The molecule has 0 aliphatic heterocycles. The van der Waals surface area contributed by atoms with Crippen LogP contribution in [0.1, 0.15) is 27.9 Å². The van der Waals surface area contributed by atoms with Crippen molar-refractivity contribution in [2.24, 2.45) is 5.73 Å². The van der Waals surface area contributed by atoms with Crippen molar-refractivity contribution in [2.45, 2.75) is 18.6 Å². The van der Waals surface area contributed by atoms with Gasteiger partial charge in [0.15, 0.2) is 5.69 Å². The Bertz CT molecular complexity index is 405. The molecule has 1 rings (SSSR count). The molecule has 0 radical (unpaired) electrons. The Kier molecular flexibility index (Phi) is 3.93. The number of aromatic carboxylic acids is 1. The molecular formula is C8H10N2O5S. The van der Waals surface area contributed by atoms with E-state index in [1.807, 2.05) is 0 Å². The molecule has 88 valence electrons. The average Bonchev–Trinajstić information content (AvgIpc) is 2.63. The number of nitrogens with two attached hydrogens (primary N) is 1. The van der Waals surface area contributed by atoms with E-state index in [-0.39, 0.29) is 10.6 Å². The molecular weight excluding hydrogens is 236 g/mol. The van der Waals surface area contributed by atoms with Crippen LogP contribution in [0.3, 0.4) is 0 Å². The smallest absolute Gasteiger partial charge is 0.355 e. The summed E-state index contributed by atoms with van der Waals surface area (Å²) in [7, 11) is 0. The van der Waals surface area contributed by atoms with E-state index in [2.05, 4.69) is 4.98 Å². The van der Waals surface area contributed by atoms with Crippen LogP contribution in [0.2, 0.25) is 0 Å². The van der Waals surface area contributed by atoms with Crippen molar-refractivity contribution in [3.8, 4) is 0 Å². The van der Waals surface area contributed by atoms with Gasteiger partial charge in [-0.25, -0.2) is 9.78 Å². The van der Waals surface area contributed by atoms with Crippen molar-refractivity contribution in [3.05, 3.63) is 16.1 Å². The second kappa shape index (κ2) is 5.01. The van der Waals surface area contributed by atoms with Crippen molar-refractivity contribution >= 4 is 23.2 Å². The van der Waals surface area contributed by atoms with Crippen molar-refractivity contribution in [1.82, 2.24) is 4.98 Å². The summed E-state index contributed by atoms with van der Waals surface area (Å²) in [4.78, 5) is 24.7. The van der Waals surface area contributed by atoms with Gasteiger partial charge in [0, 0.05) is 0 Å². The van der Waals surface area contributed by atoms with Gasteiger partial charge >= 0.3 is 5.97 Å². The molecule has 5 N–H and O–H groups in total. The Hall–Kier alpha value is -1.51. The van der Waals surface area contributed by atoms with Crippen molar-refractivity contribution < 1.29 is 24.9 Å². The number of carbonyl (C=O) groups is 2. The standard InChI is InChI=1S/C8H10N2O5S/c9-4(12)1-3(11)6(13)7-5(8(14)15)10-2-16-7/h2-3,6,11,13H,1H2,(H2,9,12)(H,14,15). The second-order valence-corrected chi connectivity index (χ2v) is 3.94. The van der Waals surface area contributed by atoms with Crippen LogP contribution in [0.4, 0.5) is 0 Å². The van der Waals surface area contributed by atoms with Gasteiger partial charge in [-0.3, -0.25) is 4.79 Å². The van der Waals surface area contributed by atoms with Crippen LogP contribution < -0.4 is 5.73 Å². The van der Waals surface area contributed by atoms with E-state index in [4.69, 9.17) is 10.8 Å². The number of carbonyl (C=O) groups excluding carboxylic acids is 1. The molecule has 8 heteroatoms. The van der Waals surface area contributed by atoms with Gasteiger partial charge in [0.2, 0.25) is 5.91 Å². The SMILES string of the molecule is NC(=O)CC(O)C(O)c1scnc1C(=O)O. The van der Waals surface area contributed by atoms with Gasteiger partial charge in [0.1, 0.15) is 6.10 Å². The molecule has 2 unspecified atom stereocenters. The normalized spacial score (nSPS) is 14.4. The zero-order valence-electron chi connectivity index (χ0n) is 8.03. The molecule has 0 bridgehead atoms. The first-order valence-corrected chi connectivity index (χ1v) is 5.12. The van der Waals surface area contributed by atoms with Gasteiger partial charge in [-0.1, -0.05) is 0 Å². The number of hydrogen-bond donors (Lipinski definition) is 4. The third-order valence-corrected chi connectivity index (χ3v) is 2.74. The van der Waals surface area contributed by atoms with E-state index in [0.29, 0.717) is 0 Å². The van der Waals surface area contributed by atoms with Crippen LogP contribution in [-0.4, -0.2) is 38.3 Å². The Balaban J connectivity index is 2.87. The molecule has 0 spiro atoms. The maximum Gasteiger partial charge on any atom is 0.355 e. The number of amides is 1. The van der Waals surface area contributed by atoms with E-state index < -0.39 is 30.5 Å². The van der Waals surface area contributed by atoms with Gasteiger partial charge in [-0.15, -0.1) is 11.3 Å². The summed E-state index contributed by atoms with van der Waals surface area (Å²) in [5.74, 6) is -2.09. The van der Waals surface area contributed by atoms with Gasteiger partial charge in [0.05, 0.1) is 22.9 Å². The monoisotopic (exact) mass is 246 g/mol. The van der Waals surface area contributed by atoms with Gasteiger partial charge in [0.25, 0.3) is 0 Å². The molecule has 16 heavy (non-hydrogen) atoms. The number of carboxylic acid groups (broad SMARTS) is 1. The van der Waals surface area contributed by atoms with E-state index in [0.717, 1.165) is 11.3 Å². The molecule has 0 fully saturated rings. The molecule has 0 saturated carbocycles. The molecule has 1 aromatic rings. The van der Waals surface area contributed by atoms with Crippen molar-refractivity contribution in [1.29, 1.82) is 0 Å². The number of carboxylic acids is 1. The summed E-state index contributed by atoms with van der Waals surface area (Å²) in [6.45, 7) is 0. The Morgan fingerprint density at radius 3 is 2.62 bits per heavy atom. The predicted molar refractivity (Wildman–Crippen MR) is 53.9 cm³/mol. The third-order valence-electron chi connectivity index (χ3n) is 1.84. The molecule has 0 aliphatic carbocycles. The van der Waals surface area contributed by atoms with Gasteiger partial charge in [-0.2, -0.15) is 0 Å². The fourth-order valence-electron chi connectivity index (χ4n) is 1.12. The summed E-state index contributed by atoms with van der Waals surface area (Å²) in [5, 5.41) is 27.7. The van der Waals surface area contributed by atoms with Crippen LogP contribution >= 0.6 is 11.3 Å². The zero-order valence-corrected chi connectivity index (χ0v) is 8.85. The summed E-state index contributed by atoms with van der Waals surface area (Å²) < 4.78 is 0. The highest BCUT2D eigenvalue weighted by atomic mass is 32.1. The first kappa shape index (κ1) is 12.6. The minimum Gasteiger partial charge on any atom is -0.476 e. The average molecular weight is 246 g/mol. The summed E-state index contributed by atoms with van der Waals surface area (Å²) >= 11 is 0.887. The summed E-state index contributed by atoms with van der Waals surface area (Å²) in [6, 6.07) is 0. The van der Waals surface area contributed by atoms with Gasteiger partial charge in [-0.05, 0) is 0 Å². The third kappa shape index (κ3) is 2.75. The minimum absolute atomic E-state index is 0.00116. The van der Waals surface area contributed by atoms with Crippen molar-refractivity contribution in [2.75, 3.05) is 0 Å². The topological polar surface area (TPSA) is 134 Å². The molecule has 1 heterocycles. The highest BCUT2D eigenvalue weighted by Gasteiger charge is 2.27. The molecule has 7 nitrogen and oxygen atoms in total.